The van der Waals surface area contributed by atoms with Gasteiger partial charge in [0.25, 0.3) is 0 Å². The molecule has 3 heteroatoms. The highest BCUT2D eigenvalue weighted by atomic mass is 35.5. The fraction of sp³-hybridized carbons (Fsp3) is 0.200. The van der Waals surface area contributed by atoms with Gasteiger partial charge in [-0.05, 0) is 48.2 Å². The summed E-state index contributed by atoms with van der Waals surface area (Å²) in [5, 5.41) is 1.40. The van der Waals surface area contributed by atoms with E-state index >= 15 is 0 Å². The molecule has 0 amide bonds. The molecular formula is C15H15Cl2N. The van der Waals surface area contributed by atoms with Crippen molar-refractivity contribution in [1.82, 2.24) is 0 Å². The van der Waals surface area contributed by atoms with Gasteiger partial charge in [-0.2, -0.15) is 0 Å². The van der Waals surface area contributed by atoms with Crippen LogP contribution in [0.2, 0.25) is 10.0 Å². The van der Waals surface area contributed by atoms with Gasteiger partial charge in [-0.1, -0.05) is 47.5 Å². The summed E-state index contributed by atoms with van der Waals surface area (Å²) >= 11 is 12.1. The topological polar surface area (TPSA) is 26.0 Å². The van der Waals surface area contributed by atoms with Crippen LogP contribution in [0.4, 0.5) is 0 Å². The minimum atomic E-state index is -0.0674. The third kappa shape index (κ3) is 3.05. The molecule has 0 saturated carbocycles. The van der Waals surface area contributed by atoms with Crippen LogP contribution in [0.5, 0.6) is 0 Å². The molecule has 0 saturated heterocycles. The van der Waals surface area contributed by atoms with E-state index in [1.54, 1.807) is 6.07 Å². The first kappa shape index (κ1) is 13.4. The lowest BCUT2D eigenvalue weighted by Crippen LogP contribution is -2.14. The molecule has 94 valence electrons. The number of hydrogen-bond acceptors (Lipinski definition) is 1. The summed E-state index contributed by atoms with van der Waals surface area (Å²) in [5.41, 5.74) is 9.58. The van der Waals surface area contributed by atoms with E-state index in [-0.39, 0.29) is 6.04 Å². The second-order valence-electron chi connectivity index (χ2n) is 4.40. The molecule has 0 heterocycles. The number of halogens is 2. The molecule has 0 aliphatic rings. The molecule has 1 nitrogen and oxygen atoms in total. The zero-order valence-electron chi connectivity index (χ0n) is 10.2. The summed E-state index contributed by atoms with van der Waals surface area (Å²) in [5.74, 6) is 0. The van der Waals surface area contributed by atoms with Crippen molar-refractivity contribution in [2.45, 2.75) is 19.4 Å². The van der Waals surface area contributed by atoms with E-state index in [2.05, 4.69) is 19.1 Å². The third-order valence-electron chi connectivity index (χ3n) is 3.04. The van der Waals surface area contributed by atoms with E-state index in [9.17, 15) is 0 Å². The van der Waals surface area contributed by atoms with Crippen LogP contribution in [0, 0.1) is 6.92 Å². The van der Waals surface area contributed by atoms with Crippen molar-refractivity contribution in [3.63, 3.8) is 0 Å². The Labute approximate surface area is 118 Å². The highest BCUT2D eigenvalue weighted by Crippen LogP contribution is 2.26. The average molecular weight is 280 g/mol. The van der Waals surface area contributed by atoms with Gasteiger partial charge in [0, 0.05) is 16.1 Å². The summed E-state index contributed by atoms with van der Waals surface area (Å²) in [7, 11) is 0. The first-order valence-electron chi connectivity index (χ1n) is 5.83. The van der Waals surface area contributed by atoms with Crippen molar-refractivity contribution < 1.29 is 0 Å². The number of hydrogen-bond donors (Lipinski definition) is 1. The average Bonchev–Trinajstić information content (AvgIpc) is 2.34. The highest BCUT2D eigenvalue weighted by Gasteiger charge is 2.11. The van der Waals surface area contributed by atoms with Gasteiger partial charge in [0.2, 0.25) is 0 Å². The van der Waals surface area contributed by atoms with E-state index in [4.69, 9.17) is 28.9 Å². The molecule has 0 spiro atoms. The van der Waals surface area contributed by atoms with Crippen molar-refractivity contribution in [2.75, 3.05) is 0 Å². The van der Waals surface area contributed by atoms with Crippen LogP contribution in [0.25, 0.3) is 0 Å². The minimum Gasteiger partial charge on any atom is -0.324 e. The third-order valence-corrected chi connectivity index (χ3v) is 3.64. The van der Waals surface area contributed by atoms with Gasteiger partial charge in [0.05, 0.1) is 0 Å². The summed E-state index contributed by atoms with van der Waals surface area (Å²) in [4.78, 5) is 0. The quantitative estimate of drug-likeness (QED) is 0.877. The predicted octanol–water partition coefficient (Wildman–Crippen LogP) is 4.54. The first-order valence-corrected chi connectivity index (χ1v) is 6.58. The Morgan fingerprint density at radius 3 is 2.56 bits per heavy atom. The SMILES string of the molecule is Cc1ccccc1C(N)Cc1cc(Cl)ccc1Cl. The second-order valence-corrected chi connectivity index (χ2v) is 5.25. The Hall–Kier alpha value is -1.02. The molecule has 2 aromatic carbocycles. The second kappa shape index (κ2) is 5.75. The van der Waals surface area contributed by atoms with Crippen molar-refractivity contribution in [2.24, 2.45) is 5.73 Å². The van der Waals surface area contributed by atoms with Crippen LogP contribution in [0.15, 0.2) is 42.5 Å². The normalized spacial score (nSPS) is 12.4. The van der Waals surface area contributed by atoms with Gasteiger partial charge >= 0.3 is 0 Å². The van der Waals surface area contributed by atoms with Crippen LogP contribution < -0.4 is 5.73 Å². The highest BCUT2D eigenvalue weighted by molar-refractivity contribution is 6.33. The lowest BCUT2D eigenvalue weighted by atomic mass is 9.96. The first-order chi connectivity index (χ1) is 8.58. The molecule has 0 radical (unpaired) electrons. The van der Waals surface area contributed by atoms with E-state index in [0.29, 0.717) is 16.5 Å². The van der Waals surface area contributed by atoms with Crippen molar-refractivity contribution in [3.05, 3.63) is 69.2 Å². The van der Waals surface area contributed by atoms with Crippen LogP contribution in [0.1, 0.15) is 22.7 Å². The summed E-state index contributed by atoms with van der Waals surface area (Å²) < 4.78 is 0. The summed E-state index contributed by atoms with van der Waals surface area (Å²) in [6, 6.07) is 13.5. The molecule has 0 bridgehead atoms. The maximum Gasteiger partial charge on any atom is 0.0439 e. The van der Waals surface area contributed by atoms with Crippen LogP contribution in [-0.2, 0) is 6.42 Å². The fourth-order valence-corrected chi connectivity index (χ4v) is 2.44. The smallest absolute Gasteiger partial charge is 0.0439 e. The predicted molar refractivity (Wildman–Crippen MR) is 78.3 cm³/mol. The zero-order valence-corrected chi connectivity index (χ0v) is 11.7. The summed E-state index contributed by atoms with van der Waals surface area (Å²) in [6.45, 7) is 2.06. The van der Waals surface area contributed by atoms with Gasteiger partial charge in [-0.3, -0.25) is 0 Å². The molecule has 2 N–H and O–H groups in total. The van der Waals surface area contributed by atoms with E-state index in [1.807, 2.05) is 24.3 Å². The lowest BCUT2D eigenvalue weighted by molar-refractivity contribution is 0.717. The summed E-state index contributed by atoms with van der Waals surface area (Å²) in [6.07, 6.45) is 0.685. The van der Waals surface area contributed by atoms with Gasteiger partial charge < -0.3 is 5.73 Å². The monoisotopic (exact) mass is 279 g/mol. The fourth-order valence-electron chi connectivity index (χ4n) is 2.05. The van der Waals surface area contributed by atoms with Crippen LogP contribution in [-0.4, -0.2) is 0 Å². The lowest BCUT2D eigenvalue weighted by Gasteiger charge is -2.15. The Balaban J connectivity index is 2.24. The van der Waals surface area contributed by atoms with E-state index in [0.717, 1.165) is 11.1 Å². The van der Waals surface area contributed by atoms with E-state index < -0.39 is 0 Å². The van der Waals surface area contributed by atoms with Gasteiger partial charge in [0.1, 0.15) is 0 Å². The molecule has 0 fully saturated rings. The Bertz CT molecular complexity index is 552. The standard InChI is InChI=1S/C15H15Cl2N/c1-10-4-2-3-5-13(10)15(18)9-11-8-12(16)6-7-14(11)17/h2-8,15H,9,18H2,1H3. The molecule has 2 rings (SSSR count). The van der Waals surface area contributed by atoms with Gasteiger partial charge in [-0.25, -0.2) is 0 Å². The van der Waals surface area contributed by atoms with Crippen LogP contribution >= 0.6 is 23.2 Å². The van der Waals surface area contributed by atoms with Crippen molar-refractivity contribution in [3.8, 4) is 0 Å². The molecule has 0 aromatic heterocycles. The van der Waals surface area contributed by atoms with Crippen molar-refractivity contribution >= 4 is 23.2 Å². The molecule has 0 aliphatic heterocycles. The molecule has 1 unspecified atom stereocenters. The Kier molecular flexibility index (Phi) is 4.28. The van der Waals surface area contributed by atoms with E-state index in [1.165, 1.54) is 5.56 Å². The van der Waals surface area contributed by atoms with Crippen LogP contribution in [0.3, 0.4) is 0 Å². The maximum absolute atomic E-state index is 6.25. The molecule has 18 heavy (non-hydrogen) atoms. The van der Waals surface area contributed by atoms with Gasteiger partial charge in [-0.15, -0.1) is 0 Å². The number of rotatable bonds is 3. The molecular weight excluding hydrogens is 265 g/mol. The maximum atomic E-state index is 6.25. The largest absolute Gasteiger partial charge is 0.324 e. The molecule has 0 aliphatic carbocycles. The number of nitrogens with two attached hydrogens (primary N) is 1. The minimum absolute atomic E-state index is 0.0674. The number of benzene rings is 2. The Morgan fingerprint density at radius 2 is 1.83 bits per heavy atom. The molecule has 2 aromatic rings. The van der Waals surface area contributed by atoms with Gasteiger partial charge in [0.15, 0.2) is 0 Å². The zero-order chi connectivity index (χ0) is 13.1. The Morgan fingerprint density at radius 1 is 1.11 bits per heavy atom. The number of aryl methyl sites for hydroxylation is 1. The van der Waals surface area contributed by atoms with Crippen molar-refractivity contribution in [1.29, 1.82) is 0 Å². The molecule has 1 atom stereocenters.